The summed E-state index contributed by atoms with van der Waals surface area (Å²) in [5.74, 6) is 0.763. The quantitative estimate of drug-likeness (QED) is 0.893. The predicted octanol–water partition coefficient (Wildman–Crippen LogP) is 2.97. The highest BCUT2D eigenvalue weighted by Crippen LogP contribution is 2.25. The number of carbonyl (C=O) groups is 1. The van der Waals surface area contributed by atoms with Crippen molar-refractivity contribution in [1.29, 1.82) is 0 Å². The van der Waals surface area contributed by atoms with Gasteiger partial charge in [-0.25, -0.2) is 0 Å². The highest BCUT2D eigenvalue weighted by Gasteiger charge is 2.23. The summed E-state index contributed by atoms with van der Waals surface area (Å²) in [5.41, 5.74) is 5.42. The number of hydrogen-bond acceptors (Lipinski definition) is 4. The number of hydrogen-bond donors (Lipinski definition) is 1. The molecule has 0 bridgehead atoms. The summed E-state index contributed by atoms with van der Waals surface area (Å²) in [6.45, 7) is 1.99. The monoisotopic (exact) mass is 362 g/mol. The summed E-state index contributed by atoms with van der Waals surface area (Å²) in [5, 5.41) is 1.06. The third-order valence-electron chi connectivity index (χ3n) is 3.57. The smallest absolute Gasteiger partial charge is 0.253 e. The van der Waals surface area contributed by atoms with Gasteiger partial charge in [0, 0.05) is 32.8 Å². The Balaban J connectivity index is 0.000000238. The molecular formula is C16H24Cl2N2O3. The SMILES string of the molecule is COC(CN)C(=O)N1CCCCC1.COc1ccc(Cl)c(Cl)c1. The molecule has 7 heteroatoms. The third kappa shape index (κ3) is 6.55. The van der Waals surface area contributed by atoms with Crippen molar-refractivity contribution in [3.63, 3.8) is 0 Å². The molecule has 5 nitrogen and oxygen atoms in total. The van der Waals surface area contributed by atoms with Crippen molar-refractivity contribution in [2.75, 3.05) is 33.9 Å². The maximum Gasteiger partial charge on any atom is 0.253 e. The Kier molecular flexibility index (Phi) is 9.33. The maximum atomic E-state index is 11.7. The highest BCUT2D eigenvalue weighted by atomic mass is 35.5. The average Bonchev–Trinajstić information content (AvgIpc) is 2.59. The lowest BCUT2D eigenvalue weighted by atomic mass is 10.1. The first kappa shape index (κ1) is 20.0. The molecule has 23 heavy (non-hydrogen) atoms. The van der Waals surface area contributed by atoms with E-state index in [-0.39, 0.29) is 12.5 Å². The maximum absolute atomic E-state index is 11.7. The number of halogens is 2. The van der Waals surface area contributed by atoms with Crippen LogP contribution in [0.1, 0.15) is 19.3 Å². The zero-order chi connectivity index (χ0) is 17.2. The number of carbonyl (C=O) groups excluding carboxylic acids is 1. The van der Waals surface area contributed by atoms with Crippen LogP contribution in [0.2, 0.25) is 10.0 Å². The Labute approximate surface area is 147 Å². The minimum absolute atomic E-state index is 0.0460. The molecule has 1 amide bonds. The molecule has 1 unspecified atom stereocenters. The van der Waals surface area contributed by atoms with E-state index in [1.54, 1.807) is 25.3 Å². The van der Waals surface area contributed by atoms with Gasteiger partial charge in [-0.2, -0.15) is 0 Å². The first-order valence-corrected chi connectivity index (χ1v) is 8.29. The number of methoxy groups -OCH3 is 2. The topological polar surface area (TPSA) is 64.8 Å². The van der Waals surface area contributed by atoms with E-state index in [9.17, 15) is 4.79 Å². The molecule has 0 saturated carbocycles. The molecule has 2 N–H and O–H groups in total. The van der Waals surface area contributed by atoms with E-state index in [4.69, 9.17) is 38.4 Å². The van der Waals surface area contributed by atoms with Crippen molar-refractivity contribution in [1.82, 2.24) is 4.90 Å². The Bertz CT molecular complexity index is 490. The number of piperidine rings is 1. The molecule has 1 fully saturated rings. The summed E-state index contributed by atoms with van der Waals surface area (Å²) >= 11 is 11.3. The highest BCUT2D eigenvalue weighted by molar-refractivity contribution is 6.42. The number of ether oxygens (including phenoxy) is 2. The second-order valence-electron chi connectivity index (χ2n) is 5.13. The van der Waals surface area contributed by atoms with Gasteiger partial charge in [0.15, 0.2) is 0 Å². The minimum Gasteiger partial charge on any atom is -0.497 e. The van der Waals surface area contributed by atoms with E-state index in [0.29, 0.717) is 10.0 Å². The van der Waals surface area contributed by atoms with Crippen LogP contribution in [-0.4, -0.2) is 50.8 Å². The molecule has 1 aliphatic rings. The number of amides is 1. The van der Waals surface area contributed by atoms with Crippen molar-refractivity contribution in [3.8, 4) is 5.75 Å². The van der Waals surface area contributed by atoms with Crippen LogP contribution in [0.15, 0.2) is 18.2 Å². The molecule has 0 spiro atoms. The summed E-state index contributed by atoms with van der Waals surface area (Å²) in [7, 11) is 3.11. The lowest BCUT2D eigenvalue weighted by Gasteiger charge is -2.29. The number of benzene rings is 1. The predicted molar refractivity (Wildman–Crippen MR) is 93.3 cm³/mol. The zero-order valence-corrected chi connectivity index (χ0v) is 15.1. The standard InChI is InChI=1S/C9H18N2O2.C7H6Cl2O/c1-13-8(7-10)9(12)11-5-3-2-4-6-11;1-10-5-2-3-6(8)7(9)4-5/h8H,2-7,10H2,1H3;2-4H,1H3. The molecule has 130 valence electrons. The molecule has 0 aromatic heterocycles. The van der Waals surface area contributed by atoms with Crippen LogP contribution >= 0.6 is 23.2 Å². The van der Waals surface area contributed by atoms with E-state index < -0.39 is 6.10 Å². The summed E-state index contributed by atoms with van der Waals surface area (Å²) in [6.07, 6.45) is 2.99. The van der Waals surface area contributed by atoms with Crippen LogP contribution < -0.4 is 10.5 Å². The minimum atomic E-state index is -0.446. The molecule has 0 aliphatic carbocycles. The first-order valence-electron chi connectivity index (χ1n) is 7.54. The van der Waals surface area contributed by atoms with Gasteiger partial charge in [0.05, 0.1) is 17.2 Å². The second-order valence-corrected chi connectivity index (χ2v) is 5.94. The van der Waals surface area contributed by atoms with Crippen molar-refractivity contribution < 1.29 is 14.3 Å². The van der Waals surface area contributed by atoms with E-state index in [1.165, 1.54) is 13.5 Å². The Morgan fingerprint density at radius 2 is 1.87 bits per heavy atom. The molecule has 1 saturated heterocycles. The van der Waals surface area contributed by atoms with Crippen LogP contribution in [0.4, 0.5) is 0 Å². The molecule has 1 aromatic rings. The second kappa shape index (κ2) is 10.7. The van der Waals surface area contributed by atoms with Gasteiger partial charge >= 0.3 is 0 Å². The summed E-state index contributed by atoms with van der Waals surface area (Å²) < 4.78 is 9.91. The normalized spacial score (nSPS) is 15.4. The molecule has 0 radical (unpaired) electrons. The fourth-order valence-electron chi connectivity index (χ4n) is 2.22. The van der Waals surface area contributed by atoms with Gasteiger partial charge in [-0.05, 0) is 31.4 Å². The Morgan fingerprint density at radius 3 is 2.35 bits per heavy atom. The van der Waals surface area contributed by atoms with Gasteiger partial charge in [0.1, 0.15) is 11.9 Å². The van der Waals surface area contributed by atoms with E-state index in [2.05, 4.69) is 0 Å². The average molecular weight is 363 g/mol. The molecule has 1 aromatic carbocycles. The molecule has 2 rings (SSSR count). The fourth-order valence-corrected chi connectivity index (χ4v) is 2.51. The summed E-state index contributed by atoms with van der Waals surface area (Å²) in [6, 6.07) is 5.13. The molecule has 1 aliphatic heterocycles. The van der Waals surface area contributed by atoms with E-state index in [0.717, 1.165) is 31.7 Å². The van der Waals surface area contributed by atoms with Crippen LogP contribution in [0.5, 0.6) is 5.75 Å². The Hall–Kier alpha value is -1.01. The number of nitrogens with zero attached hydrogens (tertiary/aromatic N) is 1. The van der Waals surface area contributed by atoms with Crippen LogP contribution in [0, 0.1) is 0 Å². The van der Waals surface area contributed by atoms with Gasteiger partial charge in [0.2, 0.25) is 0 Å². The largest absolute Gasteiger partial charge is 0.497 e. The van der Waals surface area contributed by atoms with Crippen molar-refractivity contribution in [2.24, 2.45) is 5.73 Å². The van der Waals surface area contributed by atoms with Crippen molar-refractivity contribution in [3.05, 3.63) is 28.2 Å². The Morgan fingerprint density at radius 1 is 1.22 bits per heavy atom. The third-order valence-corrected chi connectivity index (χ3v) is 4.31. The van der Waals surface area contributed by atoms with E-state index >= 15 is 0 Å². The molecule has 1 heterocycles. The van der Waals surface area contributed by atoms with E-state index in [1.807, 2.05) is 4.90 Å². The van der Waals surface area contributed by atoms with Crippen molar-refractivity contribution >= 4 is 29.1 Å². The summed E-state index contributed by atoms with van der Waals surface area (Å²) in [4.78, 5) is 13.5. The number of likely N-dealkylation sites (tertiary alicyclic amines) is 1. The lowest BCUT2D eigenvalue weighted by molar-refractivity contribution is -0.142. The van der Waals surface area contributed by atoms with Crippen molar-refractivity contribution in [2.45, 2.75) is 25.4 Å². The van der Waals surface area contributed by atoms with Crippen LogP contribution in [0.3, 0.4) is 0 Å². The number of rotatable bonds is 4. The zero-order valence-electron chi connectivity index (χ0n) is 13.6. The molecule has 1 atom stereocenters. The fraction of sp³-hybridized carbons (Fsp3) is 0.562. The number of nitrogens with two attached hydrogens (primary N) is 1. The lowest BCUT2D eigenvalue weighted by Crippen LogP contribution is -2.45. The molecular weight excluding hydrogens is 339 g/mol. The first-order chi connectivity index (χ1) is 11.0. The van der Waals surface area contributed by atoms with Gasteiger partial charge in [0.25, 0.3) is 5.91 Å². The van der Waals surface area contributed by atoms with Crippen LogP contribution in [-0.2, 0) is 9.53 Å². The van der Waals surface area contributed by atoms with Gasteiger partial charge in [-0.1, -0.05) is 23.2 Å². The van der Waals surface area contributed by atoms with Crippen LogP contribution in [0.25, 0.3) is 0 Å². The van der Waals surface area contributed by atoms with Gasteiger partial charge in [-0.3, -0.25) is 4.79 Å². The van der Waals surface area contributed by atoms with Gasteiger partial charge in [-0.15, -0.1) is 0 Å². The van der Waals surface area contributed by atoms with Gasteiger partial charge < -0.3 is 20.1 Å².